The third-order valence-electron chi connectivity index (χ3n) is 4.84. The molecule has 1 heterocycles. The molecule has 0 N–H and O–H groups in total. The van der Waals surface area contributed by atoms with Gasteiger partial charge in [0.2, 0.25) is 0 Å². The Labute approximate surface area is 194 Å². The summed E-state index contributed by atoms with van der Waals surface area (Å²) in [5.41, 5.74) is 0.0897. The van der Waals surface area contributed by atoms with Crippen molar-refractivity contribution in [3.8, 4) is 11.5 Å². The first kappa shape index (κ1) is 24.9. The van der Waals surface area contributed by atoms with Crippen molar-refractivity contribution in [2.75, 3.05) is 19.8 Å². The van der Waals surface area contributed by atoms with E-state index in [4.69, 9.17) is 23.7 Å². The zero-order valence-corrected chi connectivity index (χ0v) is 18.3. The van der Waals surface area contributed by atoms with Gasteiger partial charge in [-0.15, -0.1) is 0 Å². The van der Waals surface area contributed by atoms with Gasteiger partial charge >= 0.3 is 6.16 Å². The van der Waals surface area contributed by atoms with Crippen LogP contribution in [0.1, 0.15) is 31.2 Å². The molecule has 0 aliphatic carbocycles. The fourth-order valence-corrected chi connectivity index (χ4v) is 3.11. The highest BCUT2D eigenvalue weighted by Crippen LogP contribution is 2.26. The molecular weight excluding hydrogens is 452 g/mol. The second-order valence-electron chi connectivity index (χ2n) is 7.31. The predicted molar refractivity (Wildman–Crippen MR) is 117 cm³/mol. The Morgan fingerprint density at radius 2 is 1.74 bits per heavy atom. The largest absolute Gasteiger partial charge is 0.514 e. The van der Waals surface area contributed by atoms with Crippen molar-refractivity contribution in [3.63, 3.8) is 0 Å². The Bertz CT molecular complexity index is 990. The highest BCUT2D eigenvalue weighted by molar-refractivity contribution is 5.64. The minimum absolute atomic E-state index is 0.0673. The minimum Gasteiger partial charge on any atom is -0.493 e. The number of hydrogen-bond acceptors (Lipinski definition) is 10. The van der Waals surface area contributed by atoms with E-state index in [9.17, 15) is 25.0 Å². The molecule has 12 heteroatoms. The molecule has 12 nitrogen and oxygen atoms in total. The van der Waals surface area contributed by atoms with Crippen molar-refractivity contribution in [2.45, 2.75) is 38.6 Å². The molecule has 0 saturated carbocycles. The summed E-state index contributed by atoms with van der Waals surface area (Å²) in [4.78, 5) is 32.7. The molecule has 1 aliphatic heterocycles. The summed E-state index contributed by atoms with van der Waals surface area (Å²) < 4.78 is 26.9. The van der Waals surface area contributed by atoms with Crippen LogP contribution >= 0.6 is 0 Å². The quantitative estimate of drug-likeness (QED) is 0.149. The number of ether oxygens (including phenoxy) is 5. The van der Waals surface area contributed by atoms with Gasteiger partial charge in [0, 0.05) is 36.8 Å². The fourth-order valence-electron chi connectivity index (χ4n) is 3.11. The number of non-ortho nitro benzene ring substituents is 2. The van der Waals surface area contributed by atoms with Gasteiger partial charge in [0.05, 0.1) is 29.1 Å². The van der Waals surface area contributed by atoms with Crippen LogP contribution in [0.3, 0.4) is 0 Å². The van der Waals surface area contributed by atoms with Crippen LogP contribution in [-0.4, -0.2) is 42.1 Å². The Kier molecular flexibility index (Phi) is 9.12. The van der Waals surface area contributed by atoms with E-state index >= 15 is 0 Å². The first-order valence-electron chi connectivity index (χ1n) is 10.6. The lowest BCUT2D eigenvalue weighted by Gasteiger charge is -2.22. The van der Waals surface area contributed by atoms with Gasteiger partial charge in [-0.1, -0.05) is 0 Å². The van der Waals surface area contributed by atoms with E-state index in [0.717, 1.165) is 19.3 Å². The van der Waals surface area contributed by atoms with E-state index < -0.39 is 16.0 Å². The van der Waals surface area contributed by atoms with Gasteiger partial charge in [0.25, 0.3) is 11.4 Å². The molecule has 0 radical (unpaired) electrons. The van der Waals surface area contributed by atoms with Crippen molar-refractivity contribution in [1.29, 1.82) is 0 Å². The van der Waals surface area contributed by atoms with Gasteiger partial charge in [-0.3, -0.25) is 20.2 Å². The lowest BCUT2D eigenvalue weighted by Crippen LogP contribution is -2.23. The smallest absolute Gasteiger partial charge is 0.493 e. The number of nitro groups is 2. The minimum atomic E-state index is -1.04. The Morgan fingerprint density at radius 1 is 1.00 bits per heavy atom. The summed E-state index contributed by atoms with van der Waals surface area (Å²) in [5, 5.41) is 21.8. The van der Waals surface area contributed by atoms with Gasteiger partial charge in [-0.05, 0) is 37.5 Å². The molecule has 2 aromatic rings. The Hall–Kier alpha value is -3.77. The van der Waals surface area contributed by atoms with Crippen LogP contribution in [0.2, 0.25) is 0 Å². The molecule has 2 aromatic carbocycles. The molecule has 1 atom stereocenters. The second kappa shape index (κ2) is 12.5. The van der Waals surface area contributed by atoms with E-state index in [2.05, 4.69) is 0 Å². The number of carbonyl (C=O) groups is 1. The first-order chi connectivity index (χ1) is 16.4. The van der Waals surface area contributed by atoms with Gasteiger partial charge in [-0.2, -0.15) is 0 Å². The topological polar surface area (TPSA) is 150 Å². The third kappa shape index (κ3) is 7.67. The van der Waals surface area contributed by atoms with Crippen molar-refractivity contribution < 1.29 is 38.3 Å². The van der Waals surface area contributed by atoms with E-state index in [1.165, 1.54) is 42.5 Å². The van der Waals surface area contributed by atoms with E-state index in [1.54, 1.807) is 0 Å². The lowest BCUT2D eigenvalue weighted by molar-refractivity contribution is -0.385. The molecule has 182 valence electrons. The Morgan fingerprint density at radius 3 is 2.41 bits per heavy atom. The summed E-state index contributed by atoms with van der Waals surface area (Å²) in [6, 6.07) is 8.87. The van der Waals surface area contributed by atoms with Crippen molar-refractivity contribution in [3.05, 3.63) is 68.3 Å². The predicted octanol–water partition coefficient (Wildman–Crippen LogP) is 4.53. The average Bonchev–Trinajstić information content (AvgIpc) is 2.83. The van der Waals surface area contributed by atoms with E-state index in [1.807, 2.05) is 0 Å². The number of nitro benzene ring substituents is 2. The lowest BCUT2D eigenvalue weighted by atomic mass is 10.2. The molecule has 1 fully saturated rings. The summed E-state index contributed by atoms with van der Waals surface area (Å²) in [5.74, 6) is 0.268. The molecular formula is C22H24N2O10. The number of rotatable bonds is 11. The van der Waals surface area contributed by atoms with Gasteiger partial charge in [0.1, 0.15) is 18.1 Å². The van der Waals surface area contributed by atoms with Gasteiger partial charge < -0.3 is 23.7 Å². The third-order valence-corrected chi connectivity index (χ3v) is 4.84. The van der Waals surface area contributed by atoms with Crippen LogP contribution in [-0.2, 0) is 20.8 Å². The summed E-state index contributed by atoms with van der Waals surface area (Å²) in [6.45, 7) is 1.07. The fraction of sp³-hybridized carbons (Fsp3) is 0.409. The second-order valence-corrected chi connectivity index (χ2v) is 7.31. The molecule has 0 amide bonds. The number of hydrogen-bond donors (Lipinski definition) is 0. The van der Waals surface area contributed by atoms with Crippen LogP contribution in [0.5, 0.6) is 11.5 Å². The maximum atomic E-state index is 12.0. The summed E-state index contributed by atoms with van der Waals surface area (Å²) in [7, 11) is 0. The normalized spacial score (nSPS) is 15.4. The van der Waals surface area contributed by atoms with Crippen molar-refractivity contribution >= 4 is 17.5 Å². The molecule has 1 saturated heterocycles. The standard InChI is InChI=1S/C22H24N2O10/c25-22(34-19-9-7-17(8-10-19)23(26)27)33-15-16-5-6-18(24(28)29)14-20(16)30-12-3-13-32-21-4-1-2-11-31-21/h5-10,14,21H,1-4,11-13,15H2. The molecule has 34 heavy (non-hydrogen) atoms. The van der Waals surface area contributed by atoms with Crippen LogP contribution in [0, 0.1) is 20.2 Å². The molecule has 1 unspecified atom stereocenters. The summed E-state index contributed by atoms with van der Waals surface area (Å²) >= 11 is 0. The molecule has 0 bridgehead atoms. The average molecular weight is 476 g/mol. The SMILES string of the molecule is O=C(OCc1ccc([N+](=O)[O-])cc1OCCCOC1CCCCO1)Oc1ccc([N+](=O)[O-])cc1. The molecule has 0 spiro atoms. The maximum absolute atomic E-state index is 12.0. The first-order valence-corrected chi connectivity index (χ1v) is 10.6. The number of benzene rings is 2. The van der Waals surface area contributed by atoms with Crippen molar-refractivity contribution in [1.82, 2.24) is 0 Å². The van der Waals surface area contributed by atoms with Crippen LogP contribution in [0.15, 0.2) is 42.5 Å². The number of nitrogens with zero attached hydrogens (tertiary/aromatic N) is 2. The van der Waals surface area contributed by atoms with E-state index in [0.29, 0.717) is 25.2 Å². The molecule has 3 rings (SSSR count). The van der Waals surface area contributed by atoms with Gasteiger partial charge in [0.15, 0.2) is 6.29 Å². The monoisotopic (exact) mass is 476 g/mol. The van der Waals surface area contributed by atoms with E-state index in [-0.39, 0.29) is 42.4 Å². The maximum Gasteiger partial charge on any atom is 0.514 e. The Balaban J connectivity index is 1.51. The van der Waals surface area contributed by atoms with Crippen LogP contribution in [0.4, 0.5) is 16.2 Å². The zero-order valence-electron chi connectivity index (χ0n) is 18.3. The highest BCUT2D eigenvalue weighted by atomic mass is 16.7. The van der Waals surface area contributed by atoms with Crippen LogP contribution in [0.25, 0.3) is 0 Å². The van der Waals surface area contributed by atoms with Crippen molar-refractivity contribution in [2.24, 2.45) is 0 Å². The van der Waals surface area contributed by atoms with Crippen LogP contribution < -0.4 is 9.47 Å². The highest BCUT2D eigenvalue weighted by Gasteiger charge is 2.16. The summed E-state index contributed by atoms with van der Waals surface area (Å²) in [6.07, 6.45) is 2.22. The number of carbonyl (C=O) groups excluding carboxylic acids is 1. The van der Waals surface area contributed by atoms with Gasteiger partial charge in [-0.25, -0.2) is 4.79 Å². The molecule has 0 aromatic heterocycles. The molecule has 1 aliphatic rings. The zero-order chi connectivity index (χ0) is 24.3.